The van der Waals surface area contributed by atoms with Gasteiger partial charge in [-0.2, -0.15) is 0 Å². The van der Waals surface area contributed by atoms with Crippen LogP contribution in [0.4, 0.5) is 0 Å². The van der Waals surface area contributed by atoms with Crippen molar-refractivity contribution in [3.8, 4) is 11.1 Å². The van der Waals surface area contributed by atoms with E-state index in [2.05, 4.69) is 21.0 Å². The SMILES string of the molecule is CC(NC(=O)C(NC(=O)CCc1ccc(-c2cccc([C@@H](C)O)c2)cn1)C(C)C)C(=O)N1CCCC(C(=O)OCC(Cl)(Cl)Cl)N1. The highest BCUT2D eigenvalue weighted by Crippen LogP contribution is 2.26. The van der Waals surface area contributed by atoms with E-state index in [9.17, 15) is 24.3 Å². The van der Waals surface area contributed by atoms with Gasteiger partial charge in [0.1, 0.15) is 24.7 Å². The second kappa shape index (κ2) is 16.6. The first-order chi connectivity index (χ1) is 21.1. The van der Waals surface area contributed by atoms with Crippen LogP contribution in [-0.4, -0.2) is 73.9 Å². The zero-order valence-corrected chi connectivity index (χ0v) is 28.0. The van der Waals surface area contributed by atoms with Gasteiger partial charge in [-0.3, -0.25) is 29.2 Å². The molecule has 1 fully saturated rings. The first-order valence-electron chi connectivity index (χ1n) is 14.8. The van der Waals surface area contributed by atoms with Crippen LogP contribution in [0.1, 0.15) is 64.3 Å². The van der Waals surface area contributed by atoms with Crippen LogP contribution < -0.4 is 16.1 Å². The maximum Gasteiger partial charge on any atom is 0.325 e. The number of carbonyl (C=O) groups excluding carboxylic acids is 4. The maximum absolute atomic E-state index is 13.1. The normalized spacial score (nSPS) is 17.3. The molecule has 11 nitrogen and oxygen atoms in total. The van der Waals surface area contributed by atoms with Gasteiger partial charge in [-0.25, -0.2) is 5.43 Å². The number of aromatic nitrogens is 1. The predicted octanol–water partition coefficient (Wildman–Crippen LogP) is 3.79. The van der Waals surface area contributed by atoms with Crippen molar-refractivity contribution in [1.29, 1.82) is 0 Å². The molecule has 1 aromatic heterocycles. The van der Waals surface area contributed by atoms with Gasteiger partial charge in [0, 0.05) is 30.4 Å². The number of amides is 3. The smallest absolute Gasteiger partial charge is 0.325 e. The van der Waals surface area contributed by atoms with Crippen LogP contribution in [0.3, 0.4) is 0 Å². The van der Waals surface area contributed by atoms with Gasteiger partial charge in [0.05, 0.1) is 6.10 Å². The van der Waals surface area contributed by atoms with Crippen LogP contribution in [0.2, 0.25) is 0 Å². The van der Waals surface area contributed by atoms with Crippen molar-refractivity contribution < 1.29 is 29.0 Å². The Morgan fingerprint density at radius 3 is 2.44 bits per heavy atom. The van der Waals surface area contributed by atoms with Crippen LogP contribution in [0.5, 0.6) is 0 Å². The summed E-state index contributed by atoms with van der Waals surface area (Å²) in [7, 11) is 0. The lowest BCUT2D eigenvalue weighted by Gasteiger charge is -2.34. The summed E-state index contributed by atoms with van der Waals surface area (Å²) in [6.45, 7) is 6.72. The van der Waals surface area contributed by atoms with E-state index in [1.807, 2.05) is 36.4 Å². The molecule has 1 aromatic carbocycles. The first-order valence-corrected chi connectivity index (χ1v) is 15.9. The summed E-state index contributed by atoms with van der Waals surface area (Å²) in [6, 6.07) is 8.72. The maximum atomic E-state index is 13.1. The Morgan fingerprint density at radius 1 is 1.09 bits per heavy atom. The van der Waals surface area contributed by atoms with Gasteiger partial charge in [0.15, 0.2) is 0 Å². The van der Waals surface area contributed by atoms with Crippen LogP contribution in [-0.2, 0) is 30.3 Å². The number of hydrogen-bond donors (Lipinski definition) is 4. The molecule has 14 heteroatoms. The van der Waals surface area contributed by atoms with Gasteiger partial charge < -0.3 is 20.5 Å². The van der Waals surface area contributed by atoms with E-state index in [0.717, 1.165) is 16.7 Å². The summed E-state index contributed by atoms with van der Waals surface area (Å²) in [5.41, 5.74) is 6.17. The van der Waals surface area contributed by atoms with Crippen LogP contribution in [0.15, 0.2) is 42.6 Å². The van der Waals surface area contributed by atoms with E-state index in [1.54, 1.807) is 27.0 Å². The van der Waals surface area contributed by atoms with Crippen molar-refractivity contribution in [1.82, 2.24) is 26.1 Å². The van der Waals surface area contributed by atoms with Gasteiger partial charge >= 0.3 is 5.97 Å². The number of hydrogen-bond acceptors (Lipinski definition) is 8. The molecule has 0 spiro atoms. The molecule has 1 saturated heterocycles. The third kappa shape index (κ3) is 11.4. The summed E-state index contributed by atoms with van der Waals surface area (Å²) in [4.78, 5) is 55.8. The number of hydrazine groups is 1. The van der Waals surface area contributed by atoms with Gasteiger partial charge in [-0.05, 0) is 62.3 Å². The predicted molar refractivity (Wildman–Crippen MR) is 172 cm³/mol. The highest BCUT2D eigenvalue weighted by atomic mass is 35.6. The van der Waals surface area contributed by atoms with E-state index < -0.39 is 52.4 Å². The number of carbonyl (C=O) groups is 4. The largest absolute Gasteiger partial charge is 0.460 e. The number of aryl methyl sites for hydroxylation is 1. The lowest BCUT2D eigenvalue weighted by Crippen LogP contribution is -2.61. The topological polar surface area (TPSA) is 150 Å². The van der Waals surface area contributed by atoms with Crippen molar-refractivity contribution >= 4 is 58.5 Å². The van der Waals surface area contributed by atoms with E-state index >= 15 is 0 Å². The minimum Gasteiger partial charge on any atom is -0.460 e. The van der Waals surface area contributed by atoms with Gasteiger partial charge in [-0.15, -0.1) is 0 Å². The van der Waals surface area contributed by atoms with Gasteiger partial charge in [-0.1, -0.05) is 72.9 Å². The first kappa shape index (κ1) is 36.5. The lowest BCUT2D eigenvalue weighted by atomic mass is 10.0. The molecule has 1 aliphatic rings. The Bertz CT molecular complexity index is 1340. The summed E-state index contributed by atoms with van der Waals surface area (Å²) < 4.78 is 3.27. The van der Waals surface area contributed by atoms with Crippen LogP contribution in [0.25, 0.3) is 11.1 Å². The minimum absolute atomic E-state index is 0.113. The molecular weight excluding hydrogens is 645 g/mol. The Balaban J connectivity index is 1.50. The molecule has 0 aliphatic carbocycles. The molecule has 3 amide bonds. The molecule has 0 saturated carbocycles. The monoisotopic (exact) mass is 683 g/mol. The van der Waals surface area contributed by atoms with E-state index in [0.29, 0.717) is 31.5 Å². The van der Waals surface area contributed by atoms with Crippen molar-refractivity contribution in [2.45, 2.75) is 81.4 Å². The second-order valence-electron chi connectivity index (χ2n) is 11.4. The van der Waals surface area contributed by atoms with Gasteiger partial charge in [0.2, 0.25) is 15.6 Å². The van der Waals surface area contributed by atoms with Crippen molar-refractivity contribution in [2.24, 2.45) is 5.92 Å². The number of benzene rings is 1. The quantitative estimate of drug-likeness (QED) is 0.195. The highest BCUT2D eigenvalue weighted by molar-refractivity contribution is 6.67. The van der Waals surface area contributed by atoms with E-state index in [-0.39, 0.29) is 18.2 Å². The Labute approximate surface area is 278 Å². The number of nitrogens with zero attached hydrogens (tertiary/aromatic N) is 2. The standard InChI is InChI=1S/C31H40Cl3N5O6/c1-18(2)27(28(42)36-19(3)29(43)39-14-6-9-25(38-39)30(44)45-17-31(32,33)34)37-26(41)13-12-24-11-10-23(16-35-24)22-8-5-7-21(15-22)20(4)40/h5,7-8,10-11,15-16,18-20,25,27,38,40H,6,9,12-14,17H2,1-4H3,(H,36,42)(H,37,41)/t19?,20-,25?,27?/m1/s1. The fourth-order valence-electron chi connectivity index (χ4n) is 4.71. The summed E-state index contributed by atoms with van der Waals surface area (Å²) in [6.07, 6.45) is 2.57. The van der Waals surface area contributed by atoms with Gasteiger partial charge in [0.25, 0.3) is 5.91 Å². The van der Waals surface area contributed by atoms with E-state index in [4.69, 9.17) is 39.5 Å². The molecule has 4 N–H and O–H groups in total. The molecule has 2 heterocycles. The number of aliphatic hydroxyl groups is 1. The fraction of sp³-hybridized carbons (Fsp3) is 0.516. The van der Waals surface area contributed by atoms with E-state index in [1.165, 1.54) is 11.9 Å². The zero-order valence-electron chi connectivity index (χ0n) is 25.7. The van der Waals surface area contributed by atoms with Crippen molar-refractivity contribution in [2.75, 3.05) is 13.2 Å². The summed E-state index contributed by atoms with van der Waals surface area (Å²) in [5, 5.41) is 16.6. The number of halogens is 3. The zero-order chi connectivity index (χ0) is 33.3. The Morgan fingerprint density at radius 2 is 1.82 bits per heavy atom. The van der Waals surface area contributed by atoms with Crippen molar-refractivity contribution in [3.63, 3.8) is 0 Å². The summed E-state index contributed by atoms with van der Waals surface area (Å²) in [5.74, 6) is -2.20. The number of esters is 1. The third-order valence-electron chi connectivity index (χ3n) is 7.24. The number of rotatable bonds is 12. The lowest BCUT2D eigenvalue weighted by molar-refractivity contribution is -0.152. The number of aliphatic hydroxyl groups excluding tert-OH is 1. The minimum atomic E-state index is -1.75. The molecule has 1 aliphatic heterocycles. The molecule has 0 radical (unpaired) electrons. The molecule has 2 aromatic rings. The molecular formula is C31H40Cl3N5O6. The highest BCUT2D eigenvalue weighted by Gasteiger charge is 2.34. The molecule has 3 unspecified atom stereocenters. The summed E-state index contributed by atoms with van der Waals surface area (Å²) >= 11 is 16.9. The fourth-order valence-corrected chi connectivity index (χ4v) is 4.87. The average molecular weight is 685 g/mol. The molecule has 0 bridgehead atoms. The van der Waals surface area contributed by atoms with Crippen LogP contribution >= 0.6 is 34.8 Å². The molecule has 4 atom stereocenters. The van der Waals surface area contributed by atoms with Crippen molar-refractivity contribution in [3.05, 3.63) is 53.9 Å². The third-order valence-corrected chi connectivity index (χ3v) is 7.57. The molecule has 246 valence electrons. The average Bonchev–Trinajstić information content (AvgIpc) is 3.00. The Kier molecular flexibility index (Phi) is 13.4. The van der Waals surface area contributed by atoms with Crippen LogP contribution in [0, 0.1) is 5.92 Å². The number of alkyl halides is 3. The Hall–Kier alpha value is -2.96. The molecule has 3 rings (SSSR count). The number of pyridine rings is 1. The molecule has 45 heavy (non-hydrogen) atoms. The second-order valence-corrected chi connectivity index (χ2v) is 13.9. The number of nitrogens with one attached hydrogen (secondary N) is 3. The number of ether oxygens (including phenoxy) is 1.